The van der Waals surface area contributed by atoms with Crippen LogP contribution in [0.3, 0.4) is 0 Å². The topological polar surface area (TPSA) is 30.7 Å². The lowest BCUT2D eigenvalue weighted by Gasteiger charge is -2.00. The number of thiazole rings is 1. The molecule has 0 N–H and O–H groups in total. The van der Waals surface area contributed by atoms with E-state index in [9.17, 15) is 0 Å². The third-order valence-electron chi connectivity index (χ3n) is 2.76. The predicted molar refractivity (Wildman–Crippen MR) is 77.1 cm³/mol. The maximum atomic E-state index is 4.64. The average Bonchev–Trinajstić information content (AvgIpc) is 2.92. The maximum absolute atomic E-state index is 4.64. The molecule has 0 radical (unpaired) electrons. The van der Waals surface area contributed by atoms with E-state index < -0.39 is 0 Å². The van der Waals surface area contributed by atoms with Crippen LogP contribution in [0.5, 0.6) is 0 Å². The lowest BCUT2D eigenvalue weighted by Crippen LogP contribution is -1.91. The van der Waals surface area contributed by atoms with Crippen molar-refractivity contribution in [3.05, 3.63) is 40.3 Å². The van der Waals surface area contributed by atoms with Gasteiger partial charge in [-0.15, -0.1) is 11.3 Å². The number of hydrogen-bond acceptors (Lipinski definition) is 4. The van der Waals surface area contributed by atoms with Crippen molar-refractivity contribution in [2.24, 2.45) is 7.05 Å². The monoisotopic (exact) mass is 275 g/mol. The van der Waals surface area contributed by atoms with Gasteiger partial charge in [0, 0.05) is 18.2 Å². The predicted octanol–water partition coefficient (Wildman–Crippen LogP) is 3.63. The molecule has 0 aliphatic rings. The molecule has 0 bridgehead atoms. The van der Waals surface area contributed by atoms with Gasteiger partial charge in [0.1, 0.15) is 0 Å². The fraction of sp³-hybridized carbons (Fsp3) is 0.231. The number of aromatic nitrogens is 3. The lowest BCUT2D eigenvalue weighted by molar-refractivity contribution is 0.814. The summed E-state index contributed by atoms with van der Waals surface area (Å²) in [4.78, 5) is 9.11. The number of imidazole rings is 1. The second kappa shape index (κ2) is 4.74. The van der Waals surface area contributed by atoms with Crippen molar-refractivity contribution in [1.29, 1.82) is 0 Å². The Morgan fingerprint density at radius 2 is 2.11 bits per heavy atom. The lowest BCUT2D eigenvalue weighted by atomic mass is 10.3. The Morgan fingerprint density at radius 3 is 2.83 bits per heavy atom. The number of nitrogens with zero attached hydrogens (tertiary/aromatic N) is 3. The quantitative estimate of drug-likeness (QED) is 0.684. The highest BCUT2D eigenvalue weighted by atomic mass is 32.2. The van der Waals surface area contributed by atoms with Crippen molar-refractivity contribution in [3.8, 4) is 0 Å². The molecular weight excluding hydrogens is 262 g/mol. The van der Waals surface area contributed by atoms with E-state index in [1.165, 1.54) is 5.52 Å². The van der Waals surface area contributed by atoms with Crippen molar-refractivity contribution in [2.45, 2.75) is 17.8 Å². The van der Waals surface area contributed by atoms with E-state index in [1.54, 1.807) is 23.1 Å². The molecule has 3 rings (SSSR count). The molecule has 0 saturated heterocycles. The fourth-order valence-corrected chi connectivity index (χ4v) is 3.46. The van der Waals surface area contributed by atoms with E-state index in [0.717, 1.165) is 27.1 Å². The number of thioether (sulfide) groups is 1. The van der Waals surface area contributed by atoms with Crippen LogP contribution in [0.15, 0.2) is 34.8 Å². The zero-order valence-electron chi connectivity index (χ0n) is 10.3. The summed E-state index contributed by atoms with van der Waals surface area (Å²) in [6.07, 6.45) is 0. The van der Waals surface area contributed by atoms with Crippen LogP contribution in [0.2, 0.25) is 0 Å². The van der Waals surface area contributed by atoms with Gasteiger partial charge in [0.2, 0.25) is 0 Å². The summed E-state index contributed by atoms with van der Waals surface area (Å²) in [5.41, 5.74) is 3.36. The first-order valence-corrected chi connectivity index (χ1v) is 7.56. The van der Waals surface area contributed by atoms with Gasteiger partial charge in [-0.3, -0.25) is 0 Å². The molecule has 0 aliphatic heterocycles. The molecule has 0 aliphatic carbocycles. The summed E-state index contributed by atoms with van der Waals surface area (Å²) in [7, 11) is 2.06. The smallest absolute Gasteiger partial charge is 0.169 e. The van der Waals surface area contributed by atoms with Crippen molar-refractivity contribution in [1.82, 2.24) is 14.5 Å². The van der Waals surface area contributed by atoms with Gasteiger partial charge in [-0.05, 0) is 19.1 Å². The summed E-state index contributed by atoms with van der Waals surface area (Å²) in [5.74, 6) is 0.876. The Balaban J connectivity index is 1.84. The minimum Gasteiger partial charge on any atom is -0.322 e. The minimum absolute atomic E-state index is 0.876. The Labute approximate surface area is 114 Å². The van der Waals surface area contributed by atoms with E-state index in [-0.39, 0.29) is 0 Å². The number of para-hydroxylation sites is 2. The van der Waals surface area contributed by atoms with Gasteiger partial charge in [-0.2, -0.15) is 0 Å². The van der Waals surface area contributed by atoms with Crippen LogP contribution in [0.4, 0.5) is 0 Å². The molecule has 0 spiro atoms. The number of aryl methyl sites for hydroxylation is 2. The minimum atomic E-state index is 0.876. The van der Waals surface area contributed by atoms with Crippen LogP contribution in [0.1, 0.15) is 10.7 Å². The number of fused-ring (bicyclic) bond motifs is 1. The van der Waals surface area contributed by atoms with Gasteiger partial charge in [-0.25, -0.2) is 9.97 Å². The summed E-state index contributed by atoms with van der Waals surface area (Å²) in [6, 6.07) is 8.21. The third kappa shape index (κ3) is 2.15. The normalized spacial score (nSPS) is 11.2. The molecule has 18 heavy (non-hydrogen) atoms. The first-order valence-electron chi connectivity index (χ1n) is 5.69. The zero-order valence-corrected chi connectivity index (χ0v) is 11.9. The Hall–Kier alpha value is -1.33. The first-order chi connectivity index (χ1) is 8.74. The third-order valence-corrected chi connectivity index (χ3v) is 4.65. The highest BCUT2D eigenvalue weighted by molar-refractivity contribution is 7.98. The van der Waals surface area contributed by atoms with Crippen molar-refractivity contribution in [2.75, 3.05) is 0 Å². The van der Waals surface area contributed by atoms with Crippen LogP contribution in [0, 0.1) is 6.92 Å². The molecule has 0 unspecified atom stereocenters. The summed E-state index contributed by atoms with van der Waals surface area (Å²) in [5, 5.41) is 4.28. The highest BCUT2D eigenvalue weighted by Crippen LogP contribution is 2.25. The Bertz CT molecular complexity index is 684. The van der Waals surface area contributed by atoms with Crippen LogP contribution in [0.25, 0.3) is 11.0 Å². The molecule has 5 heteroatoms. The van der Waals surface area contributed by atoms with E-state index in [1.807, 2.05) is 25.1 Å². The van der Waals surface area contributed by atoms with Crippen molar-refractivity contribution in [3.63, 3.8) is 0 Å². The van der Waals surface area contributed by atoms with Crippen LogP contribution >= 0.6 is 23.1 Å². The fourth-order valence-electron chi connectivity index (χ4n) is 1.87. The van der Waals surface area contributed by atoms with Gasteiger partial charge in [0.15, 0.2) is 5.16 Å². The SMILES string of the molecule is Cc1nc(CSc2nc3ccccc3n2C)cs1. The van der Waals surface area contributed by atoms with Crippen LogP contribution in [-0.2, 0) is 12.8 Å². The van der Waals surface area contributed by atoms with Gasteiger partial charge < -0.3 is 4.57 Å². The number of rotatable bonds is 3. The molecule has 3 nitrogen and oxygen atoms in total. The van der Waals surface area contributed by atoms with Crippen LogP contribution < -0.4 is 0 Å². The molecule has 92 valence electrons. The average molecular weight is 275 g/mol. The van der Waals surface area contributed by atoms with Crippen molar-refractivity contribution >= 4 is 34.1 Å². The molecule has 2 aromatic heterocycles. The summed E-state index contributed by atoms with van der Waals surface area (Å²) in [6.45, 7) is 2.04. The largest absolute Gasteiger partial charge is 0.322 e. The van der Waals surface area contributed by atoms with Crippen molar-refractivity contribution < 1.29 is 0 Å². The van der Waals surface area contributed by atoms with E-state index >= 15 is 0 Å². The standard InChI is InChI=1S/C13H13N3S2/c1-9-14-10(7-17-9)8-18-13-15-11-5-3-4-6-12(11)16(13)2/h3-7H,8H2,1-2H3. The zero-order chi connectivity index (χ0) is 12.5. The van der Waals surface area contributed by atoms with E-state index in [4.69, 9.17) is 0 Å². The molecule has 3 aromatic rings. The first kappa shape index (κ1) is 11.7. The maximum Gasteiger partial charge on any atom is 0.169 e. The summed E-state index contributed by atoms with van der Waals surface area (Å²) < 4.78 is 2.14. The number of hydrogen-bond donors (Lipinski definition) is 0. The number of benzene rings is 1. The Morgan fingerprint density at radius 1 is 1.28 bits per heavy atom. The van der Waals surface area contributed by atoms with Gasteiger partial charge in [0.25, 0.3) is 0 Å². The molecule has 0 fully saturated rings. The second-order valence-corrected chi connectivity index (χ2v) is 6.09. The van der Waals surface area contributed by atoms with E-state index in [0.29, 0.717) is 0 Å². The molecule has 0 saturated carbocycles. The van der Waals surface area contributed by atoms with Gasteiger partial charge in [-0.1, -0.05) is 23.9 Å². The second-order valence-electron chi connectivity index (χ2n) is 4.09. The van der Waals surface area contributed by atoms with Gasteiger partial charge >= 0.3 is 0 Å². The van der Waals surface area contributed by atoms with E-state index in [2.05, 4.69) is 33.0 Å². The molecule has 2 heterocycles. The molecular formula is C13H13N3S2. The molecule has 0 atom stereocenters. The Kier molecular flexibility index (Phi) is 3.09. The van der Waals surface area contributed by atoms with Crippen LogP contribution in [-0.4, -0.2) is 14.5 Å². The summed E-state index contributed by atoms with van der Waals surface area (Å²) >= 11 is 3.43. The van der Waals surface area contributed by atoms with Gasteiger partial charge in [0.05, 0.1) is 21.7 Å². The highest BCUT2D eigenvalue weighted by Gasteiger charge is 2.08. The molecule has 1 aromatic carbocycles. The molecule has 0 amide bonds.